The van der Waals surface area contributed by atoms with Crippen molar-refractivity contribution in [1.82, 2.24) is 4.98 Å². The Morgan fingerprint density at radius 3 is 2.72 bits per heavy atom. The van der Waals surface area contributed by atoms with Crippen molar-refractivity contribution in [1.29, 1.82) is 0 Å². The van der Waals surface area contributed by atoms with E-state index < -0.39 is 11.8 Å². The first-order chi connectivity index (χ1) is 11.8. The molecule has 1 N–H and O–H groups in total. The number of Topliss-reactive ketones (excluding diaryl/α,β-unsaturated/α-hetero) is 1. The Morgan fingerprint density at radius 1 is 1.32 bits per heavy atom. The Bertz CT molecular complexity index is 823. The SMILES string of the molecule is CCOC(=O)CCC(=O)c1nc(-c2cccc(C)c2Cl)cc(Br)c1O. The quantitative estimate of drug-likeness (QED) is 0.535. The second kappa shape index (κ2) is 8.45. The summed E-state index contributed by atoms with van der Waals surface area (Å²) < 4.78 is 5.13. The molecule has 2 aromatic rings. The van der Waals surface area contributed by atoms with Gasteiger partial charge >= 0.3 is 5.97 Å². The highest BCUT2D eigenvalue weighted by molar-refractivity contribution is 9.10. The van der Waals surface area contributed by atoms with Crippen LogP contribution < -0.4 is 0 Å². The number of aryl methyl sites for hydroxylation is 1. The lowest BCUT2D eigenvalue weighted by Gasteiger charge is -2.11. The summed E-state index contributed by atoms with van der Waals surface area (Å²) in [5.74, 6) is -1.18. The third-order valence-electron chi connectivity index (χ3n) is 3.54. The van der Waals surface area contributed by atoms with Gasteiger partial charge in [-0.15, -0.1) is 0 Å². The van der Waals surface area contributed by atoms with E-state index in [-0.39, 0.29) is 30.9 Å². The molecule has 0 spiro atoms. The second-order valence-electron chi connectivity index (χ2n) is 5.35. The molecule has 0 saturated carbocycles. The van der Waals surface area contributed by atoms with E-state index in [1.54, 1.807) is 19.1 Å². The maximum Gasteiger partial charge on any atom is 0.306 e. The minimum absolute atomic E-state index is 0.0686. The molecule has 0 fully saturated rings. The van der Waals surface area contributed by atoms with Crippen LogP contribution in [0.2, 0.25) is 5.02 Å². The summed E-state index contributed by atoms with van der Waals surface area (Å²) in [4.78, 5) is 28.1. The minimum atomic E-state index is -0.465. The van der Waals surface area contributed by atoms with Gasteiger partial charge in [0.2, 0.25) is 0 Å². The Kier molecular flexibility index (Phi) is 6.56. The van der Waals surface area contributed by atoms with Gasteiger partial charge in [-0.1, -0.05) is 29.8 Å². The number of rotatable bonds is 6. The number of carbonyl (C=O) groups excluding carboxylic acids is 2. The van der Waals surface area contributed by atoms with Crippen molar-refractivity contribution in [3.05, 3.63) is 45.0 Å². The lowest BCUT2D eigenvalue weighted by molar-refractivity contribution is -0.143. The fraction of sp³-hybridized carbons (Fsp3) is 0.278. The molecule has 1 heterocycles. The highest BCUT2D eigenvalue weighted by Gasteiger charge is 2.20. The predicted molar refractivity (Wildman–Crippen MR) is 99.0 cm³/mol. The number of esters is 1. The number of nitrogens with zero attached hydrogens (tertiary/aromatic N) is 1. The van der Waals surface area contributed by atoms with Crippen LogP contribution in [0.4, 0.5) is 0 Å². The summed E-state index contributed by atoms with van der Waals surface area (Å²) in [6, 6.07) is 7.08. The molecule has 25 heavy (non-hydrogen) atoms. The normalized spacial score (nSPS) is 10.6. The molecule has 1 aromatic carbocycles. The maximum atomic E-state index is 12.4. The first kappa shape index (κ1) is 19.4. The van der Waals surface area contributed by atoms with Gasteiger partial charge in [-0.25, -0.2) is 4.98 Å². The molecule has 132 valence electrons. The Balaban J connectivity index is 2.36. The largest absolute Gasteiger partial charge is 0.504 e. The lowest BCUT2D eigenvalue weighted by atomic mass is 10.1. The van der Waals surface area contributed by atoms with Gasteiger partial charge in [0, 0.05) is 12.0 Å². The first-order valence-electron chi connectivity index (χ1n) is 7.69. The zero-order chi connectivity index (χ0) is 18.6. The van der Waals surface area contributed by atoms with Gasteiger partial charge in [0.25, 0.3) is 0 Å². The lowest BCUT2D eigenvalue weighted by Crippen LogP contribution is -2.10. The second-order valence-corrected chi connectivity index (χ2v) is 6.58. The number of aromatic hydroxyl groups is 1. The standard InChI is InChI=1S/C18H17BrClNO4/c1-3-25-15(23)8-7-14(22)17-18(24)12(19)9-13(21-17)11-6-4-5-10(2)16(11)20/h4-6,9,24H,3,7-8H2,1-2H3. The molecule has 0 bridgehead atoms. The minimum Gasteiger partial charge on any atom is -0.504 e. The van der Waals surface area contributed by atoms with Gasteiger partial charge < -0.3 is 9.84 Å². The van der Waals surface area contributed by atoms with Crippen LogP contribution in [0.15, 0.2) is 28.7 Å². The number of hydrogen-bond donors (Lipinski definition) is 1. The molecule has 0 amide bonds. The van der Waals surface area contributed by atoms with Crippen LogP contribution in [0.1, 0.15) is 35.8 Å². The predicted octanol–water partition coefficient (Wildman–Crippen LogP) is 4.70. The van der Waals surface area contributed by atoms with Crippen LogP contribution in [0, 0.1) is 6.92 Å². The van der Waals surface area contributed by atoms with Crippen molar-refractivity contribution in [2.24, 2.45) is 0 Å². The van der Waals surface area contributed by atoms with E-state index in [1.807, 2.05) is 19.1 Å². The van der Waals surface area contributed by atoms with Gasteiger partial charge in [0.15, 0.2) is 11.5 Å². The van der Waals surface area contributed by atoms with E-state index in [0.717, 1.165) is 5.56 Å². The molecule has 5 nitrogen and oxygen atoms in total. The molecule has 0 saturated heterocycles. The van der Waals surface area contributed by atoms with Crippen LogP contribution in [0.5, 0.6) is 5.75 Å². The summed E-state index contributed by atoms with van der Waals surface area (Å²) in [5.41, 5.74) is 1.88. The molecular weight excluding hydrogens is 410 g/mol. The fourth-order valence-corrected chi connectivity index (χ4v) is 2.88. The molecule has 0 atom stereocenters. The summed E-state index contributed by atoms with van der Waals surface area (Å²) in [6.45, 7) is 3.81. The number of carbonyl (C=O) groups is 2. The summed E-state index contributed by atoms with van der Waals surface area (Å²) in [6.07, 6.45) is -0.169. The van der Waals surface area contributed by atoms with Gasteiger partial charge in [-0.3, -0.25) is 9.59 Å². The Hall–Kier alpha value is -1.92. The number of ketones is 1. The van der Waals surface area contributed by atoms with Crippen molar-refractivity contribution >= 4 is 39.3 Å². The zero-order valence-electron chi connectivity index (χ0n) is 13.8. The molecule has 0 aliphatic carbocycles. The van der Waals surface area contributed by atoms with Gasteiger partial charge in [0.05, 0.1) is 28.2 Å². The summed E-state index contributed by atoms with van der Waals surface area (Å²) in [7, 11) is 0. The number of aromatic nitrogens is 1. The van der Waals surface area contributed by atoms with Gasteiger partial charge in [-0.05, 0) is 41.4 Å². The molecule has 0 aliphatic heterocycles. The molecule has 0 unspecified atom stereocenters. The number of ether oxygens (including phenoxy) is 1. The highest BCUT2D eigenvalue weighted by Crippen LogP contribution is 2.35. The van der Waals surface area contributed by atoms with Crippen molar-refractivity contribution in [3.63, 3.8) is 0 Å². The zero-order valence-corrected chi connectivity index (χ0v) is 16.1. The number of halogens is 2. The number of hydrogen-bond acceptors (Lipinski definition) is 5. The van der Waals surface area contributed by atoms with E-state index in [9.17, 15) is 14.7 Å². The number of benzene rings is 1. The fourth-order valence-electron chi connectivity index (χ4n) is 2.25. The Morgan fingerprint density at radius 2 is 2.04 bits per heavy atom. The van der Waals surface area contributed by atoms with Gasteiger partial charge in [-0.2, -0.15) is 0 Å². The third-order valence-corrected chi connectivity index (χ3v) is 4.65. The highest BCUT2D eigenvalue weighted by atomic mass is 79.9. The third kappa shape index (κ3) is 4.58. The van der Waals surface area contributed by atoms with E-state index in [1.165, 1.54) is 0 Å². The van der Waals surface area contributed by atoms with E-state index in [4.69, 9.17) is 16.3 Å². The van der Waals surface area contributed by atoms with Crippen LogP contribution in [-0.2, 0) is 9.53 Å². The topological polar surface area (TPSA) is 76.5 Å². The summed E-state index contributed by atoms with van der Waals surface area (Å²) >= 11 is 9.56. The molecule has 2 rings (SSSR count). The maximum absolute atomic E-state index is 12.4. The van der Waals surface area contributed by atoms with Gasteiger partial charge in [0.1, 0.15) is 5.69 Å². The molecule has 0 radical (unpaired) electrons. The molecule has 1 aromatic heterocycles. The molecule has 0 aliphatic rings. The monoisotopic (exact) mass is 425 g/mol. The average molecular weight is 427 g/mol. The van der Waals surface area contributed by atoms with Crippen molar-refractivity contribution < 1.29 is 19.4 Å². The first-order valence-corrected chi connectivity index (χ1v) is 8.86. The Labute approximate surface area is 159 Å². The van der Waals surface area contributed by atoms with E-state index >= 15 is 0 Å². The molecular formula is C18H17BrClNO4. The van der Waals surface area contributed by atoms with Crippen molar-refractivity contribution in [3.8, 4) is 17.0 Å². The van der Waals surface area contributed by atoms with Crippen molar-refractivity contribution in [2.45, 2.75) is 26.7 Å². The smallest absolute Gasteiger partial charge is 0.306 e. The van der Waals surface area contributed by atoms with Crippen LogP contribution in [0.25, 0.3) is 11.3 Å². The van der Waals surface area contributed by atoms with Crippen LogP contribution in [0.3, 0.4) is 0 Å². The van der Waals surface area contributed by atoms with Crippen LogP contribution >= 0.6 is 27.5 Å². The summed E-state index contributed by atoms with van der Waals surface area (Å²) in [5, 5.41) is 10.7. The average Bonchev–Trinajstić information content (AvgIpc) is 2.58. The molecule has 7 heteroatoms. The van der Waals surface area contributed by atoms with E-state index in [0.29, 0.717) is 20.8 Å². The van der Waals surface area contributed by atoms with Crippen molar-refractivity contribution in [2.75, 3.05) is 6.61 Å². The van der Waals surface area contributed by atoms with Crippen LogP contribution in [-0.4, -0.2) is 28.4 Å². The number of pyridine rings is 1. The van der Waals surface area contributed by atoms with E-state index in [2.05, 4.69) is 20.9 Å².